The molecule has 0 aromatic heterocycles. The van der Waals surface area contributed by atoms with Gasteiger partial charge in [0.2, 0.25) is 0 Å². The fourth-order valence-electron chi connectivity index (χ4n) is 2.08. The van der Waals surface area contributed by atoms with Gasteiger partial charge in [0.15, 0.2) is 5.40 Å². The molecule has 9 heteroatoms. The highest BCUT2D eigenvalue weighted by molar-refractivity contribution is 7.73. The Morgan fingerprint density at radius 2 is 1.00 bits per heavy atom. The fourth-order valence-corrected chi connectivity index (χ4v) is 12.7. The molecule has 0 N–H and O–H groups in total. The standard InChI is InChI=1S/C13H32O6P2Si/c1-8-16-20(14,17-9-2)13(12-22(5,6)7)21(15,18-10-3)19-11-4/h13H,8-12H2,1-7H3. The van der Waals surface area contributed by atoms with Gasteiger partial charge in [0.1, 0.15) is 0 Å². The predicted octanol–water partition coefficient (Wildman–Crippen LogP) is 5.18. The SMILES string of the molecule is CCOP(=O)(OCC)C(C[Si](C)(C)C)P(=O)(OCC)OCC. The average Bonchev–Trinajstić information content (AvgIpc) is 2.36. The van der Waals surface area contributed by atoms with E-state index in [-0.39, 0.29) is 26.4 Å². The first-order valence-corrected chi connectivity index (χ1v) is 14.8. The summed E-state index contributed by atoms with van der Waals surface area (Å²) in [6.45, 7) is 14.2. The van der Waals surface area contributed by atoms with Crippen LogP contribution in [0.1, 0.15) is 27.7 Å². The van der Waals surface area contributed by atoms with E-state index in [0.29, 0.717) is 6.04 Å². The maximum absolute atomic E-state index is 13.2. The van der Waals surface area contributed by atoms with E-state index in [9.17, 15) is 9.13 Å². The molecule has 0 saturated heterocycles. The highest BCUT2D eigenvalue weighted by Gasteiger charge is 2.52. The second kappa shape index (κ2) is 9.73. The van der Waals surface area contributed by atoms with Gasteiger partial charge in [-0.05, 0) is 33.7 Å². The van der Waals surface area contributed by atoms with Crippen molar-refractivity contribution >= 4 is 23.3 Å². The predicted molar refractivity (Wildman–Crippen MR) is 93.7 cm³/mol. The molecule has 0 aliphatic rings. The van der Waals surface area contributed by atoms with Crippen molar-refractivity contribution in [2.75, 3.05) is 26.4 Å². The van der Waals surface area contributed by atoms with Gasteiger partial charge in [0, 0.05) is 8.07 Å². The lowest BCUT2D eigenvalue weighted by Crippen LogP contribution is -2.29. The van der Waals surface area contributed by atoms with Crippen molar-refractivity contribution in [3.63, 3.8) is 0 Å². The maximum atomic E-state index is 13.2. The molecule has 0 atom stereocenters. The highest BCUT2D eigenvalue weighted by Crippen LogP contribution is 2.72. The number of rotatable bonds is 12. The minimum Gasteiger partial charge on any atom is -0.308 e. The van der Waals surface area contributed by atoms with E-state index in [1.54, 1.807) is 27.7 Å². The summed E-state index contributed by atoms with van der Waals surface area (Å²) in [4.78, 5) is 0. The van der Waals surface area contributed by atoms with E-state index >= 15 is 0 Å². The average molecular weight is 374 g/mol. The van der Waals surface area contributed by atoms with Crippen molar-refractivity contribution in [1.29, 1.82) is 0 Å². The van der Waals surface area contributed by atoms with Crippen molar-refractivity contribution in [2.45, 2.75) is 58.8 Å². The maximum Gasteiger partial charge on any atom is 0.345 e. The Kier molecular flexibility index (Phi) is 9.95. The summed E-state index contributed by atoms with van der Waals surface area (Å²) in [7, 11) is -8.89. The van der Waals surface area contributed by atoms with Crippen LogP contribution in [0.15, 0.2) is 0 Å². The molecule has 134 valence electrons. The Morgan fingerprint density at radius 1 is 0.727 bits per heavy atom. The smallest absolute Gasteiger partial charge is 0.308 e. The van der Waals surface area contributed by atoms with Crippen molar-refractivity contribution in [2.24, 2.45) is 0 Å². The second-order valence-corrected chi connectivity index (χ2v) is 16.4. The number of hydrogen-bond donors (Lipinski definition) is 0. The summed E-state index contributed by atoms with van der Waals surface area (Å²) in [6.07, 6.45) is 0. The zero-order valence-corrected chi connectivity index (χ0v) is 17.7. The minimum atomic E-state index is -3.59. The van der Waals surface area contributed by atoms with Crippen LogP contribution in [0.25, 0.3) is 0 Å². The van der Waals surface area contributed by atoms with Crippen LogP contribution in [0.3, 0.4) is 0 Å². The molecule has 0 fully saturated rings. The first kappa shape index (κ1) is 22.5. The van der Waals surface area contributed by atoms with Crippen LogP contribution in [-0.2, 0) is 27.2 Å². The lowest BCUT2D eigenvalue weighted by atomic mass is 10.9. The third kappa shape index (κ3) is 6.96. The first-order chi connectivity index (χ1) is 10.1. The van der Waals surface area contributed by atoms with Crippen molar-refractivity contribution in [3.05, 3.63) is 0 Å². The van der Waals surface area contributed by atoms with Gasteiger partial charge in [-0.1, -0.05) is 19.6 Å². The van der Waals surface area contributed by atoms with E-state index in [1.165, 1.54) is 0 Å². The van der Waals surface area contributed by atoms with Crippen LogP contribution in [0.4, 0.5) is 0 Å². The van der Waals surface area contributed by atoms with Crippen molar-refractivity contribution in [3.8, 4) is 0 Å². The van der Waals surface area contributed by atoms with E-state index in [0.717, 1.165) is 0 Å². The monoisotopic (exact) mass is 374 g/mol. The molecule has 0 amide bonds. The van der Waals surface area contributed by atoms with Gasteiger partial charge in [-0.25, -0.2) is 0 Å². The molecule has 6 nitrogen and oxygen atoms in total. The normalized spacial score (nSPS) is 13.8. The van der Waals surface area contributed by atoms with Crippen LogP contribution >= 0.6 is 15.2 Å². The van der Waals surface area contributed by atoms with Crippen molar-refractivity contribution in [1.82, 2.24) is 0 Å². The van der Waals surface area contributed by atoms with E-state index < -0.39 is 28.7 Å². The Bertz CT molecular complexity index is 360. The summed E-state index contributed by atoms with van der Waals surface area (Å²) < 4.78 is 48.2. The third-order valence-electron chi connectivity index (χ3n) is 2.76. The summed E-state index contributed by atoms with van der Waals surface area (Å²) in [6, 6.07) is 0.488. The first-order valence-electron chi connectivity index (χ1n) is 7.86. The van der Waals surface area contributed by atoms with E-state index in [2.05, 4.69) is 19.6 Å². The van der Waals surface area contributed by atoms with Gasteiger partial charge in [0.25, 0.3) is 0 Å². The molecular weight excluding hydrogens is 342 g/mol. The lowest BCUT2D eigenvalue weighted by molar-refractivity contribution is 0.197. The summed E-state index contributed by atoms with van der Waals surface area (Å²) in [5, 5.41) is -0.869. The zero-order chi connectivity index (χ0) is 17.4. The largest absolute Gasteiger partial charge is 0.345 e. The summed E-state index contributed by atoms with van der Waals surface area (Å²) in [5.74, 6) is 0. The summed E-state index contributed by atoms with van der Waals surface area (Å²) in [5.41, 5.74) is 0. The Labute approximate surface area is 136 Å². The molecule has 0 spiro atoms. The third-order valence-corrected chi connectivity index (χ3v) is 11.1. The van der Waals surface area contributed by atoms with Crippen LogP contribution in [0.5, 0.6) is 0 Å². The topological polar surface area (TPSA) is 71.1 Å². The zero-order valence-electron chi connectivity index (χ0n) is 15.0. The van der Waals surface area contributed by atoms with E-state index in [1.807, 2.05) is 0 Å². The molecule has 0 bridgehead atoms. The molecule has 0 saturated carbocycles. The van der Waals surface area contributed by atoms with Crippen LogP contribution in [0.2, 0.25) is 25.7 Å². The number of hydrogen-bond acceptors (Lipinski definition) is 6. The Morgan fingerprint density at radius 3 is 1.18 bits per heavy atom. The van der Waals surface area contributed by atoms with Crippen molar-refractivity contribution < 1.29 is 27.2 Å². The van der Waals surface area contributed by atoms with Crippen LogP contribution < -0.4 is 0 Å². The van der Waals surface area contributed by atoms with Gasteiger partial charge < -0.3 is 18.1 Å². The lowest BCUT2D eigenvalue weighted by Gasteiger charge is -2.34. The second-order valence-electron chi connectivity index (χ2n) is 6.00. The van der Waals surface area contributed by atoms with Gasteiger partial charge in [-0.15, -0.1) is 0 Å². The van der Waals surface area contributed by atoms with Gasteiger partial charge in [-0.3, -0.25) is 9.13 Å². The Balaban J connectivity index is 5.86. The molecule has 0 rings (SSSR count). The van der Waals surface area contributed by atoms with Crippen LogP contribution in [0, 0.1) is 0 Å². The van der Waals surface area contributed by atoms with Gasteiger partial charge in [0.05, 0.1) is 26.4 Å². The van der Waals surface area contributed by atoms with Gasteiger partial charge >= 0.3 is 15.2 Å². The molecule has 0 aromatic rings. The summed E-state index contributed by atoms with van der Waals surface area (Å²) >= 11 is 0. The Hall–Kier alpha value is 0.517. The molecule has 0 radical (unpaired) electrons. The highest BCUT2D eigenvalue weighted by atomic mass is 31.2. The molecule has 0 aromatic carbocycles. The molecule has 0 aliphatic carbocycles. The minimum absolute atomic E-state index is 0.220. The molecule has 0 aliphatic heterocycles. The molecule has 0 unspecified atom stereocenters. The quantitative estimate of drug-likeness (QED) is 0.346. The van der Waals surface area contributed by atoms with E-state index in [4.69, 9.17) is 18.1 Å². The molecular formula is C13H32O6P2Si. The van der Waals surface area contributed by atoms with Crippen LogP contribution in [-0.4, -0.2) is 39.9 Å². The molecule has 22 heavy (non-hydrogen) atoms. The molecule has 0 heterocycles. The van der Waals surface area contributed by atoms with Gasteiger partial charge in [-0.2, -0.15) is 0 Å². The fraction of sp³-hybridized carbons (Fsp3) is 1.00.